The molecule has 1 heterocycles. The molecule has 0 N–H and O–H groups in total. The Morgan fingerprint density at radius 1 is 1.75 bits per heavy atom. The molecular formula is C6H6OS. The van der Waals surface area contributed by atoms with Crippen molar-refractivity contribution in [3.63, 3.8) is 0 Å². The number of carbonyl (C=O) groups excluding carboxylic acids is 1. The molecule has 0 radical (unpaired) electrons. The third-order valence-corrected chi connectivity index (χ3v) is 1.61. The average molecular weight is 126 g/mol. The minimum Gasteiger partial charge on any atom is -0.294 e. The van der Waals surface area contributed by atoms with E-state index < -0.39 is 0 Å². The lowest BCUT2D eigenvalue weighted by Crippen LogP contribution is -1.94. The molecule has 0 aromatic carbocycles. The Labute approximate surface area is 52.5 Å². The maximum absolute atomic E-state index is 10.5. The second-order valence-electron chi connectivity index (χ2n) is 1.60. The summed E-state index contributed by atoms with van der Waals surface area (Å²) in [5.74, 6) is 0.161. The third-order valence-electron chi connectivity index (χ3n) is 0.860. The molecule has 0 saturated heterocycles. The van der Waals surface area contributed by atoms with Crippen LogP contribution in [0.3, 0.4) is 0 Å². The Kier molecular flexibility index (Phi) is 1.53. The summed E-state index contributed by atoms with van der Waals surface area (Å²) in [6, 6.07) is 0. The van der Waals surface area contributed by atoms with E-state index in [0.29, 0.717) is 6.42 Å². The highest BCUT2D eigenvalue weighted by Gasteiger charge is 2.04. The molecule has 1 rings (SSSR count). The minimum atomic E-state index is 0.161. The van der Waals surface area contributed by atoms with E-state index in [4.69, 9.17) is 0 Å². The van der Waals surface area contributed by atoms with Crippen molar-refractivity contribution in [2.75, 3.05) is 0 Å². The topological polar surface area (TPSA) is 17.1 Å². The largest absolute Gasteiger partial charge is 0.294 e. The summed E-state index contributed by atoms with van der Waals surface area (Å²) >= 11 is 1.53. The smallest absolute Gasteiger partial charge is 0.161 e. The first-order valence-corrected chi connectivity index (χ1v) is 3.21. The van der Waals surface area contributed by atoms with E-state index in [1.807, 2.05) is 0 Å². The summed E-state index contributed by atoms with van der Waals surface area (Å²) < 4.78 is 0. The fraction of sp³-hybridized carbons (Fsp3) is 0.167. The van der Waals surface area contributed by atoms with Gasteiger partial charge < -0.3 is 0 Å². The van der Waals surface area contributed by atoms with Gasteiger partial charge in [-0.3, -0.25) is 4.79 Å². The molecular weight excluding hydrogens is 120 g/mol. The van der Waals surface area contributed by atoms with Crippen LogP contribution in [-0.4, -0.2) is 5.78 Å². The van der Waals surface area contributed by atoms with Gasteiger partial charge in [-0.1, -0.05) is 6.58 Å². The third kappa shape index (κ3) is 1.23. The van der Waals surface area contributed by atoms with Gasteiger partial charge in [0.05, 0.1) is 0 Å². The number of thioether (sulfide) groups is 1. The standard InChI is InChI=1S/C6H6OS/c1-5-4-6(7)2-3-8-5/h2-3H,1,4H2. The lowest BCUT2D eigenvalue weighted by atomic mass is 10.3. The second kappa shape index (κ2) is 2.18. The van der Waals surface area contributed by atoms with Gasteiger partial charge in [-0.15, -0.1) is 11.8 Å². The van der Waals surface area contributed by atoms with Crippen LogP contribution in [0, 0.1) is 0 Å². The first kappa shape index (κ1) is 5.63. The number of carbonyl (C=O) groups is 1. The van der Waals surface area contributed by atoms with Gasteiger partial charge in [0, 0.05) is 6.42 Å². The number of rotatable bonds is 0. The number of allylic oxidation sites excluding steroid dienone is 2. The van der Waals surface area contributed by atoms with Crippen molar-refractivity contribution in [1.82, 2.24) is 0 Å². The molecule has 0 aromatic heterocycles. The Morgan fingerprint density at radius 3 is 2.88 bits per heavy atom. The van der Waals surface area contributed by atoms with E-state index in [0.717, 1.165) is 4.91 Å². The Hall–Kier alpha value is -0.500. The van der Waals surface area contributed by atoms with E-state index in [2.05, 4.69) is 6.58 Å². The van der Waals surface area contributed by atoms with Gasteiger partial charge in [-0.25, -0.2) is 0 Å². The molecule has 0 atom stereocenters. The Bertz CT molecular complexity index is 158. The predicted octanol–water partition coefficient (Wildman–Crippen LogP) is 1.72. The Balaban J connectivity index is 2.68. The summed E-state index contributed by atoms with van der Waals surface area (Å²) in [5.41, 5.74) is 0. The molecule has 0 fully saturated rings. The van der Waals surface area contributed by atoms with Crippen LogP contribution in [0.4, 0.5) is 0 Å². The van der Waals surface area contributed by atoms with E-state index in [1.165, 1.54) is 11.8 Å². The van der Waals surface area contributed by atoms with Gasteiger partial charge in [0.1, 0.15) is 0 Å². The first-order chi connectivity index (χ1) is 3.79. The summed E-state index contributed by atoms with van der Waals surface area (Å²) in [4.78, 5) is 11.5. The molecule has 0 saturated carbocycles. The zero-order chi connectivity index (χ0) is 5.98. The van der Waals surface area contributed by atoms with Crippen LogP contribution < -0.4 is 0 Å². The van der Waals surface area contributed by atoms with E-state index >= 15 is 0 Å². The molecule has 1 aliphatic heterocycles. The summed E-state index contributed by atoms with van der Waals surface area (Å²) in [6.45, 7) is 3.66. The maximum atomic E-state index is 10.5. The average Bonchev–Trinajstić information content (AvgIpc) is 1.64. The lowest BCUT2D eigenvalue weighted by Gasteiger charge is -2.01. The van der Waals surface area contributed by atoms with Gasteiger partial charge >= 0.3 is 0 Å². The van der Waals surface area contributed by atoms with Crippen LogP contribution in [0.2, 0.25) is 0 Å². The maximum Gasteiger partial charge on any atom is 0.161 e. The number of ketones is 1. The van der Waals surface area contributed by atoms with E-state index in [9.17, 15) is 4.79 Å². The second-order valence-corrected chi connectivity index (χ2v) is 2.69. The van der Waals surface area contributed by atoms with Crippen molar-refractivity contribution in [2.24, 2.45) is 0 Å². The van der Waals surface area contributed by atoms with Crippen molar-refractivity contribution in [1.29, 1.82) is 0 Å². The normalized spacial score (nSPS) is 19.5. The highest BCUT2D eigenvalue weighted by molar-refractivity contribution is 8.05. The van der Waals surface area contributed by atoms with Crippen molar-refractivity contribution < 1.29 is 4.79 Å². The SMILES string of the molecule is C=C1CC(=O)C=CS1. The van der Waals surface area contributed by atoms with E-state index in [-0.39, 0.29) is 5.78 Å². The summed E-state index contributed by atoms with van der Waals surface area (Å²) in [6.07, 6.45) is 2.10. The molecule has 1 aliphatic rings. The molecule has 1 nitrogen and oxygen atoms in total. The molecule has 0 bridgehead atoms. The van der Waals surface area contributed by atoms with Crippen molar-refractivity contribution in [2.45, 2.75) is 6.42 Å². The highest BCUT2D eigenvalue weighted by Crippen LogP contribution is 2.22. The molecule has 0 unspecified atom stereocenters. The predicted molar refractivity (Wildman–Crippen MR) is 35.5 cm³/mol. The fourth-order valence-electron chi connectivity index (χ4n) is 0.501. The van der Waals surface area contributed by atoms with Gasteiger partial charge in [-0.2, -0.15) is 0 Å². The van der Waals surface area contributed by atoms with Crippen LogP contribution in [0.15, 0.2) is 23.0 Å². The summed E-state index contributed by atoms with van der Waals surface area (Å²) in [7, 11) is 0. The molecule has 8 heavy (non-hydrogen) atoms. The molecule has 0 aromatic rings. The molecule has 0 aliphatic carbocycles. The van der Waals surface area contributed by atoms with Gasteiger partial charge in [0.2, 0.25) is 0 Å². The van der Waals surface area contributed by atoms with Crippen LogP contribution in [0.5, 0.6) is 0 Å². The quantitative estimate of drug-likeness (QED) is 0.491. The van der Waals surface area contributed by atoms with E-state index in [1.54, 1.807) is 11.5 Å². The van der Waals surface area contributed by atoms with Crippen molar-refractivity contribution >= 4 is 17.5 Å². The van der Waals surface area contributed by atoms with Crippen LogP contribution >= 0.6 is 11.8 Å². The summed E-state index contributed by atoms with van der Waals surface area (Å²) in [5, 5.41) is 1.77. The zero-order valence-electron chi connectivity index (χ0n) is 4.39. The van der Waals surface area contributed by atoms with Gasteiger partial charge in [-0.05, 0) is 16.4 Å². The lowest BCUT2D eigenvalue weighted by molar-refractivity contribution is -0.113. The first-order valence-electron chi connectivity index (χ1n) is 2.33. The minimum absolute atomic E-state index is 0.161. The Morgan fingerprint density at radius 2 is 2.50 bits per heavy atom. The number of hydrogen-bond acceptors (Lipinski definition) is 2. The van der Waals surface area contributed by atoms with Crippen molar-refractivity contribution in [3.05, 3.63) is 23.0 Å². The fourth-order valence-corrected chi connectivity index (χ4v) is 1.14. The van der Waals surface area contributed by atoms with Crippen LogP contribution in [-0.2, 0) is 4.79 Å². The van der Waals surface area contributed by atoms with Crippen molar-refractivity contribution in [3.8, 4) is 0 Å². The van der Waals surface area contributed by atoms with Crippen LogP contribution in [0.1, 0.15) is 6.42 Å². The molecule has 42 valence electrons. The molecule has 0 amide bonds. The molecule has 2 heteroatoms. The number of hydrogen-bond donors (Lipinski definition) is 0. The molecule has 0 spiro atoms. The monoisotopic (exact) mass is 126 g/mol. The van der Waals surface area contributed by atoms with Crippen LogP contribution in [0.25, 0.3) is 0 Å². The van der Waals surface area contributed by atoms with Gasteiger partial charge in [0.15, 0.2) is 5.78 Å². The highest BCUT2D eigenvalue weighted by atomic mass is 32.2. The van der Waals surface area contributed by atoms with Gasteiger partial charge in [0.25, 0.3) is 0 Å². The zero-order valence-corrected chi connectivity index (χ0v) is 5.20.